The third-order valence-electron chi connectivity index (χ3n) is 3.62. The van der Waals surface area contributed by atoms with Crippen LogP contribution in [-0.4, -0.2) is 16.1 Å². The first-order chi connectivity index (χ1) is 7.31. The van der Waals surface area contributed by atoms with Crippen LogP contribution in [0.3, 0.4) is 0 Å². The average Bonchev–Trinajstić information content (AvgIpc) is 2.83. The fraction of sp³-hybridized carbons (Fsp3) is 0.750. The minimum atomic E-state index is 0.840. The van der Waals surface area contributed by atoms with Gasteiger partial charge in [-0.3, -0.25) is 0 Å². The summed E-state index contributed by atoms with van der Waals surface area (Å²) in [4.78, 5) is 4.32. The molecule has 15 heavy (non-hydrogen) atoms. The van der Waals surface area contributed by atoms with Gasteiger partial charge >= 0.3 is 0 Å². The number of hydrogen-bond donors (Lipinski definition) is 1. The van der Waals surface area contributed by atoms with Crippen LogP contribution in [0.15, 0.2) is 12.4 Å². The van der Waals surface area contributed by atoms with Gasteiger partial charge in [-0.1, -0.05) is 19.8 Å². The van der Waals surface area contributed by atoms with E-state index in [1.165, 1.54) is 19.3 Å². The molecule has 0 saturated heterocycles. The molecule has 0 aromatic carbocycles. The van der Waals surface area contributed by atoms with Gasteiger partial charge in [0.15, 0.2) is 0 Å². The zero-order valence-electron chi connectivity index (χ0n) is 9.74. The SMILES string of the molecule is CCn1ccnc1NCC1CCCC1C. The van der Waals surface area contributed by atoms with E-state index in [9.17, 15) is 0 Å². The molecular formula is C12H21N3. The topological polar surface area (TPSA) is 29.9 Å². The molecule has 84 valence electrons. The predicted octanol–water partition coefficient (Wildman–Crippen LogP) is 2.75. The molecule has 2 atom stereocenters. The van der Waals surface area contributed by atoms with E-state index in [0.29, 0.717) is 0 Å². The largest absolute Gasteiger partial charge is 0.355 e. The lowest BCUT2D eigenvalue weighted by molar-refractivity contribution is 0.438. The summed E-state index contributed by atoms with van der Waals surface area (Å²) >= 11 is 0. The highest BCUT2D eigenvalue weighted by molar-refractivity contribution is 5.25. The number of aromatic nitrogens is 2. The standard InChI is InChI=1S/C12H21N3/c1-3-15-8-7-13-12(15)14-9-11-6-4-5-10(11)2/h7-8,10-11H,3-6,9H2,1-2H3,(H,13,14). The number of nitrogens with zero attached hydrogens (tertiary/aromatic N) is 2. The van der Waals surface area contributed by atoms with Gasteiger partial charge in [0, 0.05) is 25.5 Å². The van der Waals surface area contributed by atoms with E-state index in [1.807, 2.05) is 12.4 Å². The minimum absolute atomic E-state index is 0.840. The first-order valence-electron chi connectivity index (χ1n) is 6.06. The van der Waals surface area contributed by atoms with Crippen LogP contribution >= 0.6 is 0 Å². The second-order valence-corrected chi connectivity index (χ2v) is 4.59. The molecule has 0 amide bonds. The quantitative estimate of drug-likeness (QED) is 0.822. The molecule has 3 heteroatoms. The Hall–Kier alpha value is -0.990. The maximum atomic E-state index is 4.32. The normalized spacial score (nSPS) is 25.7. The van der Waals surface area contributed by atoms with Crippen molar-refractivity contribution < 1.29 is 0 Å². The molecule has 1 aromatic heterocycles. The third kappa shape index (κ3) is 2.33. The lowest BCUT2D eigenvalue weighted by Crippen LogP contribution is -2.18. The Morgan fingerprint density at radius 2 is 2.40 bits per heavy atom. The Labute approximate surface area is 91.9 Å². The minimum Gasteiger partial charge on any atom is -0.355 e. The number of imidazole rings is 1. The molecule has 1 aromatic rings. The molecule has 2 unspecified atom stereocenters. The van der Waals surface area contributed by atoms with Gasteiger partial charge in [0.2, 0.25) is 5.95 Å². The maximum Gasteiger partial charge on any atom is 0.202 e. The number of nitrogens with one attached hydrogen (secondary N) is 1. The van der Waals surface area contributed by atoms with Crippen LogP contribution in [0.5, 0.6) is 0 Å². The Balaban J connectivity index is 1.87. The van der Waals surface area contributed by atoms with Crippen molar-refractivity contribution in [3.05, 3.63) is 12.4 Å². The highest BCUT2D eigenvalue weighted by Gasteiger charge is 2.23. The van der Waals surface area contributed by atoms with E-state index in [4.69, 9.17) is 0 Å². The van der Waals surface area contributed by atoms with Crippen LogP contribution in [0.1, 0.15) is 33.1 Å². The summed E-state index contributed by atoms with van der Waals surface area (Å²) in [5.74, 6) is 2.74. The maximum absolute atomic E-state index is 4.32. The van der Waals surface area contributed by atoms with Crippen molar-refractivity contribution in [2.75, 3.05) is 11.9 Å². The third-order valence-corrected chi connectivity index (χ3v) is 3.62. The van der Waals surface area contributed by atoms with E-state index in [-0.39, 0.29) is 0 Å². The van der Waals surface area contributed by atoms with Gasteiger partial charge in [-0.05, 0) is 25.2 Å². The van der Waals surface area contributed by atoms with Crippen LogP contribution in [0.2, 0.25) is 0 Å². The van der Waals surface area contributed by atoms with Crippen molar-refractivity contribution in [3.63, 3.8) is 0 Å². The lowest BCUT2D eigenvalue weighted by atomic mass is 9.98. The van der Waals surface area contributed by atoms with Gasteiger partial charge in [0.05, 0.1) is 0 Å². The predicted molar refractivity (Wildman–Crippen MR) is 62.9 cm³/mol. The van der Waals surface area contributed by atoms with E-state index >= 15 is 0 Å². The van der Waals surface area contributed by atoms with Crippen LogP contribution in [0.4, 0.5) is 5.95 Å². The zero-order chi connectivity index (χ0) is 10.7. The highest BCUT2D eigenvalue weighted by Crippen LogP contribution is 2.31. The highest BCUT2D eigenvalue weighted by atomic mass is 15.2. The first-order valence-corrected chi connectivity index (χ1v) is 6.06. The molecule has 0 bridgehead atoms. The Bertz CT molecular complexity index is 306. The van der Waals surface area contributed by atoms with Crippen LogP contribution in [0.25, 0.3) is 0 Å². The zero-order valence-corrected chi connectivity index (χ0v) is 9.74. The van der Waals surface area contributed by atoms with Crippen molar-refractivity contribution in [1.82, 2.24) is 9.55 Å². The molecule has 0 spiro atoms. The Morgan fingerprint density at radius 1 is 1.53 bits per heavy atom. The van der Waals surface area contributed by atoms with Crippen molar-refractivity contribution in [1.29, 1.82) is 0 Å². The molecule has 3 nitrogen and oxygen atoms in total. The lowest BCUT2D eigenvalue weighted by Gasteiger charge is -2.16. The summed E-state index contributed by atoms with van der Waals surface area (Å²) in [5, 5.41) is 3.47. The smallest absolute Gasteiger partial charge is 0.202 e. The average molecular weight is 207 g/mol. The number of hydrogen-bond acceptors (Lipinski definition) is 2. The first kappa shape index (κ1) is 10.5. The fourth-order valence-electron chi connectivity index (χ4n) is 2.48. The summed E-state index contributed by atoms with van der Waals surface area (Å²) in [6.07, 6.45) is 8.07. The molecule has 1 saturated carbocycles. The van der Waals surface area contributed by atoms with Gasteiger partial charge in [0.25, 0.3) is 0 Å². The van der Waals surface area contributed by atoms with Gasteiger partial charge in [0.1, 0.15) is 0 Å². The summed E-state index contributed by atoms with van der Waals surface area (Å²) in [6.45, 7) is 6.58. The second kappa shape index (κ2) is 4.69. The van der Waals surface area contributed by atoms with Crippen molar-refractivity contribution in [3.8, 4) is 0 Å². The molecule has 1 heterocycles. The van der Waals surface area contributed by atoms with Gasteiger partial charge in [-0.25, -0.2) is 4.98 Å². The molecule has 1 aliphatic rings. The molecule has 1 N–H and O–H groups in total. The summed E-state index contributed by atoms with van der Waals surface area (Å²) in [6, 6.07) is 0. The van der Waals surface area contributed by atoms with E-state index in [2.05, 4.69) is 28.7 Å². The fourth-order valence-corrected chi connectivity index (χ4v) is 2.48. The Morgan fingerprint density at radius 3 is 3.07 bits per heavy atom. The van der Waals surface area contributed by atoms with Crippen molar-refractivity contribution in [2.45, 2.75) is 39.7 Å². The van der Waals surface area contributed by atoms with Gasteiger partial charge in [-0.2, -0.15) is 0 Å². The van der Waals surface area contributed by atoms with Crippen LogP contribution < -0.4 is 5.32 Å². The molecule has 1 aliphatic carbocycles. The monoisotopic (exact) mass is 207 g/mol. The van der Waals surface area contributed by atoms with Gasteiger partial charge in [-0.15, -0.1) is 0 Å². The summed E-state index contributed by atoms with van der Waals surface area (Å²) in [5.41, 5.74) is 0. The number of aryl methyl sites for hydroxylation is 1. The molecule has 2 rings (SSSR count). The molecule has 0 radical (unpaired) electrons. The van der Waals surface area contributed by atoms with E-state index in [1.54, 1.807) is 0 Å². The van der Waals surface area contributed by atoms with Crippen molar-refractivity contribution >= 4 is 5.95 Å². The van der Waals surface area contributed by atoms with Gasteiger partial charge < -0.3 is 9.88 Å². The molecular weight excluding hydrogens is 186 g/mol. The van der Waals surface area contributed by atoms with E-state index < -0.39 is 0 Å². The molecule has 1 fully saturated rings. The summed E-state index contributed by atoms with van der Waals surface area (Å²) in [7, 11) is 0. The summed E-state index contributed by atoms with van der Waals surface area (Å²) < 4.78 is 2.15. The van der Waals surface area contributed by atoms with Crippen LogP contribution in [-0.2, 0) is 6.54 Å². The van der Waals surface area contributed by atoms with Crippen molar-refractivity contribution in [2.24, 2.45) is 11.8 Å². The van der Waals surface area contributed by atoms with Crippen LogP contribution in [0, 0.1) is 11.8 Å². The molecule has 0 aliphatic heterocycles. The number of rotatable bonds is 4. The number of anilines is 1. The van der Waals surface area contributed by atoms with E-state index in [0.717, 1.165) is 30.9 Å². The Kier molecular flexibility index (Phi) is 3.29. The second-order valence-electron chi connectivity index (χ2n) is 4.59.